The second-order valence-corrected chi connectivity index (χ2v) is 5.67. The van der Waals surface area contributed by atoms with E-state index in [0.717, 1.165) is 45.8 Å². The molecular weight excluding hydrogens is 254 g/mol. The zero-order chi connectivity index (χ0) is 14.3. The fourth-order valence-corrected chi connectivity index (χ4v) is 2.83. The molecule has 0 spiro atoms. The van der Waals surface area contributed by atoms with Crippen molar-refractivity contribution in [2.75, 3.05) is 40.0 Å². The van der Waals surface area contributed by atoms with E-state index in [1.54, 1.807) is 19.2 Å². The summed E-state index contributed by atoms with van der Waals surface area (Å²) in [5, 5.41) is 12.9. The van der Waals surface area contributed by atoms with Crippen molar-refractivity contribution >= 4 is 0 Å². The molecule has 2 N–H and O–H groups in total. The normalized spacial score (nSPS) is 22.9. The van der Waals surface area contributed by atoms with E-state index in [4.69, 9.17) is 9.47 Å². The lowest BCUT2D eigenvalue weighted by atomic mass is 9.77. The number of nitrogens with one attached hydrogen (secondary N) is 1. The number of aromatic hydroxyl groups is 1. The Balaban J connectivity index is 1.96. The zero-order valence-corrected chi connectivity index (χ0v) is 12.2. The molecule has 0 saturated carbocycles. The number of hydrogen-bond donors (Lipinski definition) is 2. The fraction of sp³-hybridized carbons (Fsp3) is 0.625. The van der Waals surface area contributed by atoms with Gasteiger partial charge in [0.1, 0.15) is 5.75 Å². The second kappa shape index (κ2) is 7.62. The standard InChI is InChI=1S/C16H25NO3/c1-19-10-8-17-12-16(7-2-9-20-13-16)11-14-3-5-15(18)6-4-14/h3-6,17-18H,2,7-13H2,1H3. The molecule has 20 heavy (non-hydrogen) atoms. The highest BCUT2D eigenvalue weighted by molar-refractivity contribution is 5.26. The van der Waals surface area contributed by atoms with Gasteiger partial charge in [0.25, 0.3) is 0 Å². The molecule has 4 heteroatoms. The molecule has 1 aromatic carbocycles. The van der Waals surface area contributed by atoms with Crippen molar-refractivity contribution in [1.29, 1.82) is 0 Å². The van der Waals surface area contributed by atoms with Crippen LogP contribution in [0, 0.1) is 5.41 Å². The van der Waals surface area contributed by atoms with Crippen LogP contribution >= 0.6 is 0 Å². The predicted octanol–water partition coefficient (Wildman–Crippen LogP) is 1.97. The molecule has 1 unspecified atom stereocenters. The summed E-state index contributed by atoms with van der Waals surface area (Å²) in [6, 6.07) is 7.51. The molecule has 0 bridgehead atoms. The molecular formula is C16H25NO3. The summed E-state index contributed by atoms with van der Waals surface area (Å²) >= 11 is 0. The van der Waals surface area contributed by atoms with E-state index in [2.05, 4.69) is 5.32 Å². The largest absolute Gasteiger partial charge is 0.508 e. The van der Waals surface area contributed by atoms with E-state index in [9.17, 15) is 5.11 Å². The smallest absolute Gasteiger partial charge is 0.115 e. The summed E-state index contributed by atoms with van der Waals surface area (Å²) in [5.74, 6) is 0.320. The van der Waals surface area contributed by atoms with Gasteiger partial charge in [-0.05, 0) is 37.0 Å². The first-order valence-corrected chi connectivity index (χ1v) is 7.29. The lowest BCUT2D eigenvalue weighted by Crippen LogP contribution is -2.43. The lowest BCUT2D eigenvalue weighted by molar-refractivity contribution is -0.00770. The van der Waals surface area contributed by atoms with E-state index in [0.29, 0.717) is 5.75 Å². The van der Waals surface area contributed by atoms with E-state index in [1.807, 2.05) is 12.1 Å². The highest BCUT2D eigenvalue weighted by Crippen LogP contribution is 2.32. The minimum atomic E-state index is 0.156. The number of rotatable bonds is 7. The maximum absolute atomic E-state index is 9.38. The van der Waals surface area contributed by atoms with Gasteiger partial charge in [-0.1, -0.05) is 12.1 Å². The Kier molecular flexibility index (Phi) is 5.83. The zero-order valence-electron chi connectivity index (χ0n) is 12.2. The maximum atomic E-state index is 9.38. The third kappa shape index (κ3) is 4.47. The molecule has 1 aliphatic rings. The highest BCUT2D eigenvalue weighted by atomic mass is 16.5. The second-order valence-electron chi connectivity index (χ2n) is 5.67. The first kappa shape index (κ1) is 15.3. The summed E-state index contributed by atoms with van der Waals surface area (Å²) in [6.07, 6.45) is 3.27. The Morgan fingerprint density at radius 1 is 1.35 bits per heavy atom. The van der Waals surface area contributed by atoms with Crippen molar-refractivity contribution in [3.63, 3.8) is 0 Å². The molecule has 2 rings (SSSR count). The SMILES string of the molecule is COCCNCC1(Cc2ccc(O)cc2)CCCOC1. The van der Waals surface area contributed by atoms with Crippen LogP contribution in [0.5, 0.6) is 5.75 Å². The first-order valence-electron chi connectivity index (χ1n) is 7.29. The first-order chi connectivity index (χ1) is 9.74. The van der Waals surface area contributed by atoms with Crippen molar-refractivity contribution in [3.05, 3.63) is 29.8 Å². The molecule has 112 valence electrons. The molecule has 4 nitrogen and oxygen atoms in total. The predicted molar refractivity (Wildman–Crippen MR) is 79.0 cm³/mol. The Morgan fingerprint density at radius 3 is 2.80 bits per heavy atom. The summed E-state index contributed by atoms with van der Waals surface area (Å²) in [4.78, 5) is 0. The topological polar surface area (TPSA) is 50.7 Å². The van der Waals surface area contributed by atoms with Crippen molar-refractivity contribution in [2.24, 2.45) is 5.41 Å². The van der Waals surface area contributed by atoms with Gasteiger partial charge < -0.3 is 19.9 Å². The van der Waals surface area contributed by atoms with Crippen LogP contribution < -0.4 is 5.32 Å². The summed E-state index contributed by atoms with van der Waals surface area (Å²) in [5.41, 5.74) is 1.41. The molecule has 1 atom stereocenters. The minimum absolute atomic E-state index is 0.156. The number of phenolic OH excluding ortho intramolecular Hbond substituents is 1. The number of ether oxygens (including phenoxy) is 2. The molecule has 0 aromatic heterocycles. The fourth-order valence-electron chi connectivity index (χ4n) is 2.83. The third-order valence-electron chi connectivity index (χ3n) is 3.90. The van der Waals surface area contributed by atoms with Gasteiger partial charge in [0.2, 0.25) is 0 Å². The molecule has 1 aromatic rings. The van der Waals surface area contributed by atoms with Crippen molar-refractivity contribution < 1.29 is 14.6 Å². The summed E-state index contributed by atoms with van der Waals surface area (Å²) in [6.45, 7) is 4.21. The number of phenols is 1. The molecule has 0 aliphatic carbocycles. The highest BCUT2D eigenvalue weighted by Gasteiger charge is 2.32. The van der Waals surface area contributed by atoms with E-state index < -0.39 is 0 Å². The van der Waals surface area contributed by atoms with Crippen LogP contribution in [-0.4, -0.2) is 45.1 Å². The van der Waals surface area contributed by atoms with Crippen LogP contribution in [0.1, 0.15) is 18.4 Å². The Morgan fingerprint density at radius 2 is 2.15 bits per heavy atom. The third-order valence-corrected chi connectivity index (χ3v) is 3.90. The van der Waals surface area contributed by atoms with Crippen molar-refractivity contribution in [2.45, 2.75) is 19.3 Å². The van der Waals surface area contributed by atoms with Gasteiger partial charge in [0.05, 0.1) is 13.2 Å². The molecule has 1 heterocycles. The molecule has 1 saturated heterocycles. The van der Waals surface area contributed by atoms with Crippen LogP contribution in [0.4, 0.5) is 0 Å². The van der Waals surface area contributed by atoms with Crippen molar-refractivity contribution in [1.82, 2.24) is 5.32 Å². The van der Waals surface area contributed by atoms with E-state index in [1.165, 1.54) is 12.0 Å². The number of methoxy groups -OCH3 is 1. The van der Waals surface area contributed by atoms with Gasteiger partial charge in [-0.3, -0.25) is 0 Å². The van der Waals surface area contributed by atoms with Crippen LogP contribution in [0.3, 0.4) is 0 Å². The molecule has 0 amide bonds. The van der Waals surface area contributed by atoms with Crippen molar-refractivity contribution in [3.8, 4) is 5.75 Å². The van der Waals surface area contributed by atoms with Gasteiger partial charge in [-0.25, -0.2) is 0 Å². The van der Waals surface area contributed by atoms with Gasteiger partial charge in [0.15, 0.2) is 0 Å². The number of hydrogen-bond acceptors (Lipinski definition) is 4. The summed E-state index contributed by atoms with van der Waals surface area (Å²) < 4.78 is 10.8. The van der Waals surface area contributed by atoms with Gasteiger partial charge in [-0.15, -0.1) is 0 Å². The number of benzene rings is 1. The van der Waals surface area contributed by atoms with Crippen LogP contribution in [0.25, 0.3) is 0 Å². The lowest BCUT2D eigenvalue weighted by Gasteiger charge is -2.37. The average Bonchev–Trinajstić information content (AvgIpc) is 2.47. The monoisotopic (exact) mass is 279 g/mol. The molecule has 0 radical (unpaired) electrons. The molecule has 1 fully saturated rings. The molecule has 1 aliphatic heterocycles. The van der Waals surface area contributed by atoms with Crippen LogP contribution in [0.15, 0.2) is 24.3 Å². The average molecular weight is 279 g/mol. The minimum Gasteiger partial charge on any atom is -0.508 e. The van der Waals surface area contributed by atoms with Gasteiger partial charge in [0, 0.05) is 32.2 Å². The Hall–Kier alpha value is -1.10. The van der Waals surface area contributed by atoms with Gasteiger partial charge in [-0.2, -0.15) is 0 Å². The van der Waals surface area contributed by atoms with Gasteiger partial charge >= 0.3 is 0 Å². The Bertz CT molecular complexity index is 385. The summed E-state index contributed by atoms with van der Waals surface area (Å²) in [7, 11) is 1.72. The van der Waals surface area contributed by atoms with Crippen LogP contribution in [-0.2, 0) is 15.9 Å². The maximum Gasteiger partial charge on any atom is 0.115 e. The quantitative estimate of drug-likeness (QED) is 0.749. The Labute approximate surface area is 121 Å². The van der Waals surface area contributed by atoms with Crippen LogP contribution in [0.2, 0.25) is 0 Å². The van der Waals surface area contributed by atoms with E-state index >= 15 is 0 Å². The van der Waals surface area contributed by atoms with E-state index in [-0.39, 0.29) is 5.41 Å².